The van der Waals surface area contributed by atoms with Crippen LogP contribution in [0.5, 0.6) is 0 Å². The maximum Gasteiger partial charge on any atom is 0.255 e. The number of pyridine rings is 1. The molecule has 2 aromatic carbocycles. The van der Waals surface area contributed by atoms with Gasteiger partial charge in [-0.1, -0.05) is 18.0 Å². The summed E-state index contributed by atoms with van der Waals surface area (Å²) in [5.41, 5.74) is 3.26. The highest BCUT2D eigenvalue weighted by Crippen LogP contribution is 2.39. The van der Waals surface area contributed by atoms with E-state index >= 15 is 0 Å². The number of oxazole rings is 1. The maximum absolute atomic E-state index is 14.9. The lowest BCUT2D eigenvalue weighted by Gasteiger charge is -2.29. The van der Waals surface area contributed by atoms with E-state index in [1.165, 1.54) is 18.2 Å². The number of hydrogen-bond donors (Lipinski definition) is 0. The quantitative estimate of drug-likeness (QED) is 0.301. The van der Waals surface area contributed by atoms with E-state index < -0.39 is 11.6 Å². The van der Waals surface area contributed by atoms with E-state index in [-0.39, 0.29) is 22.9 Å². The molecule has 0 bridgehead atoms. The first kappa shape index (κ1) is 24.4. The highest BCUT2D eigenvalue weighted by Gasteiger charge is 2.29. The zero-order chi connectivity index (χ0) is 25.6. The molecule has 0 aliphatic carbocycles. The molecule has 0 spiro atoms. The monoisotopic (exact) mass is 509 g/mol. The number of nitrogens with zero attached hydrogens (tertiary/aromatic N) is 3. The molecule has 1 saturated heterocycles. The number of hydrogen-bond acceptors (Lipinski definition) is 4. The second-order valence-corrected chi connectivity index (χ2v) is 9.80. The topological polar surface area (TPSA) is 51.3 Å². The van der Waals surface area contributed by atoms with E-state index in [0.717, 1.165) is 48.7 Å². The largest absolute Gasteiger partial charge is 0.438 e. The Bertz CT molecular complexity index is 1490. The van der Waals surface area contributed by atoms with Gasteiger partial charge in [0.2, 0.25) is 5.89 Å². The minimum absolute atomic E-state index is 0.0542. The third-order valence-electron chi connectivity index (χ3n) is 6.76. The van der Waals surface area contributed by atoms with E-state index in [0.29, 0.717) is 22.2 Å². The molecular weight excluding hydrogens is 484 g/mol. The number of piperidine rings is 1. The molecule has 0 saturated carbocycles. The normalized spacial score (nSPS) is 16.4. The predicted octanol–water partition coefficient (Wildman–Crippen LogP) is 6.86. The molecule has 186 valence electrons. The number of aromatic nitrogens is 2. The van der Waals surface area contributed by atoms with Crippen LogP contribution in [0.4, 0.5) is 8.78 Å². The van der Waals surface area contributed by atoms with E-state index in [9.17, 15) is 13.6 Å². The van der Waals surface area contributed by atoms with Crippen LogP contribution in [0.2, 0.25) is 5.02 Å². The second kappa shape index (κ2) is 9.64. The van der Waals surface area contributed by atoms with Crippen molar-refractivity contribution < 1.29 is 13.2 Å². The van der Waals surface area contributed by atoms with Gasteiger partial charge in [0.05, 0.1) is 17.3 Å². The Hall–Kier alpha value is -3.29. The van der Waals surface area contributed by atoms with Crippen molar-refractivity contribution in [1.82, 2.24) is 14.5 Å². The van der Waals surface area contributed by atoms with Crippen LogP contribution >= 0.6 is 11.6 Å². The average Bonchev–Trinajstić information content (AvgIpc) is 3.25. The van der Waals surface area contributed by atoms with Crippen molar-refractivity contribution in [3.05, 3.63) is 92.7 Å². The fourth-order valence-electron chi connectivity index (χ4n) is 5.00. The number of likely N-dealkylation sites (tertiary alicyclic amines) is 1. The highest BCUT2D eigenvalue weighted by atomic mass is 35.5. The Labute approximate surface area is 213 Å². The average molecular weight is 510 g/mol. The Morgan fingerprint density at radius 2 is 1.81 bits per heavy atom. The minimum Gasteiger partial charge on any atom is -0.438 e. The van der Waals surface area contributed by atoms with Gasteiger partial charge in [0.1, 0.15) is 17.3 Å². The summed E-state index contributed by atoms with van der Waals surface area (Å²) in [6.45, 7) is 4.68. The lowest BCUT2D eigenvalue weighted by molar-refractivity contribution is 0.160. The Morgan fingerprint density at radius 1 is 1.06 bits per heavy atom. The lowest BCUT2D eigenvalue weighted by atomic mass is 10.0. The molecule has 3 heterocycles. The molecule has 2 aromatic heterocycles. The van der Waals surface area contributed by atoms with Gasteiger partial charge in [0, 0.05) is 28.9 Å². The van der Waals surface area contributed by atoms with Crippen molar-refractivity contribution in [2.24, 2.45) is 0 Å². The predicted molar refractivity (Wildman–Crippen MR) is 137 cm³/mol. The lowest BCUT2D eigenvalue weighted by Crippen LogP contribution is -2.29. The third kappa shape index (κ3) is 4.49. The van der Waals surface area contributed by atoms with E-state index in [1.807, 2.05) is 20.9 Å². The highest BCUT2D eigenvalue weighted by molar-refractivity contribution is 6.30. The molecule has 36 heavy (non-hydrogen) atoms. The van der Waals surface area contributed by atoms with Crippen molar-refractivity contribution >= 4 is 11.6 Å². The fraction of sp³-hybridized carbons (Fsp3) is 0.286. The standard InChI is InChI=1S/C28H26ClF2N3O2/c1-16-12-19(29)13-17(2)26(16)34-15-18(7-10-24(34)35)25-27(21-9-8-20(30)14-22(21)31)36-28(32-25)23-6-4-5-11-33(23)3/h7-10,12-15,23H,4-6,11H2,1-3H3/t23-/m0/s1. The molecule has 1 fully saturated rings. The van der Waals surface area contributed by atoms with Crippen molar-refractivity contribution in [2.75, 3.05) is 13.6 Å². The number of halogens is 3. The number of rotatable bonds is 4. The fourth-order valence-corrected chi connectivity index (χ4v) is 5.33. The van der Waals surface area contributed by atoms with Gasteiger partial charge in [0.25, 0.3) is 5.56 Å². The van der Waals surface area contributed by atoms with E-state index in [4.69, 9.17) is 21.0 Å². The molecule has 1 aliphatic heterocycles. The summed E-state index contributed by atoms with van der Waals surface area (Å²) in [5.74, 6) is -0.737. The van der Waals surface area contributed by atoms with Crippen molar-refractivity contribution in [1.29, 1.82) is 0 Å². The summed E-state index contributed by atoms with van der Waals surface area (Å²) < 4.78 is 36.3. The van der Waals surface area contributed by atoms with Crippen LogP contribution in [-0.4, -0.2) is 28.0 Å². The molecule has 0 radical (unpaired) electrons. The van der Waals surface area contributed by atoms with Crippen molar-refractivity contribution in [3.8, 4) is 28.3 Å². The molecule has 0 amide bonds. The summed E-state index contributed by atoms with van der Waals surface area (Å²) >= 11 is 6.20. The van der Waals surface area contributed by atoms with Gasteiger partial charge >= 0.3 is 0 Å². The van der Waals surface area contributed by atoms with E-state index in [2.05, 4.69) is 4.90 Å². The smallest absolute Gasteiger partial charge is 0.255 e. The van der Waals surface area contributed by atoms with Gasteiger partial charge in [-0.25, -0.2) is 13.8 Å². The summed E-state index contributed by atoms with van der Waals surface area (Å²) in [6.07, 6.45) is 4.67. The second-order valence-electron chi connectivity index (χ2n) is 9.36. The van der Waals surface area contributed by atoms with Crippen LogP contribution in [0.1, 0.15) is 42.3 Å². The van der Waals surface area contributed by atoms with Crippen LogP contribution in [0.3, 0.4) is 0 Å². The molecule has 0 N–H and O–H groups in total. The van der Waals surface area contributed by atoms with Crippen LogP contribution in [0.15, 0.2) is 57.9 Å². The molecule has 5 nitrogen and oxygen atoms in total. The molecule has 4 aromatic rings. The summed E-state index contributed by atoms with van der Waals surface area (Å²) in [4.78, 5) is 19.9. The van der Waals surface area contributed by atoms with Gasteiger partial charge in [-0.3, -0.25) is 14.3 Å². The van der Waals surface area contributed by atoms with Gasteiger partial charge in [-0.15, -0.1) is 0 Å². The van der Waals surface area contributed by atoms with Gasteiger partial charge in [-0.05, 0) is 81.7 Å². The van der Waals surface area contributed by atoms with Crippen LogP contribution in [0.25, 0.3) is 28.3 Å². The first-order valence-corrected chi connectivity index (χ1v) is 12.3. The van der Waals surface area contributed by atoms with Crippen LogP contribution < -0.4 is 5.56 Å². The van der Waals surface area contributed by atoms with Crippen molar-refractivity contribution in [3.63, 3.8) is 0 Å². The summed E-state index contributed by atoms with van der Waals surface area (Å²) in [7, 11) is 2.01. The molecule has 0 unspecified atom stereocenters. The van der Waals surface area contributed by atoms with Gasteiger partial charge in [0.15, 0.2) is 5.76 Å². The Balaban J connectivity index is 1.71. The molecular formula is C28H26ClF2N3O2. The molecule has 1 aliphatic rings. The summed E-state index contributed by atoms with van der Waals surface area (Å²) in [5, 5.41) is 0.588. The Kier molecular flexibility index (Phi) is 6.53. The van der Waals surface area contributed by atoms with Crippen molar-refractivity contribution in [2.45, 2.75) is 39.2 Å². The van der Waals surface area contributed by atoms with Gasteiger partial charge < -0.3 is 4.42 Å². The van der Waals surface area contributed by atoms with Crippen LogP contribution in [0, 0.1) is 25.5 Å². The zero-order valence-electron chi connectivity index (χ0n) is 20.3. The van der Waals surface area contributed by atoms with E-state index in [1.54, 1.807) is 29.0 Å². The zero-order valence-corrected chi connectivity index (χ0v) is 21.1. The van der Waals surface area contributed by atoms with Crippen LogP contribution in [-0.2, 0) is 0 Å². The van der Waals surface area contributed by atoms with Gasteiger partial charge in [-0.2, -0.15) is 0 Å². The molecule has 5 rings (SSSR count). The first-order valence-electron chi connectivity index (χ1n) is 11.9. The number of benzene rings is 2. The summed E-state index contributed by atoms with van der Waals surface area (Å²) in [6, 6.07) is 10.0. The minimum atomic E-state index is -0.742. The SMILES string of the molecule is Cc1cc(Cl)cc(C)c1-n1cc(-c2nc([C@@H]3CCCCN3C)oc2-c2ccc(F)cc2F)ccc1=O. The third-order valence-corrected chi connectivity index (χ3v) is 6.97. The maximum atomic E-state index is 14.9. The first-order chi connectivity index (χ1) is 17.2. The molecule has 8 heteroatoms. The molecule has 1 atom stereocenters. The Morgan fingerprint density at radius 3 is 2.50 bits per heavy atom. The number of aryl methyl sites for hydroxylation is 2.